The number of rotatable bonds is 5. The summed E-state index contributed by atoms with van der Waals surface area (Å²) in [4.78, 5) is 0. The van der Waals surface area contributed by atoms with E-state index in [9.17, 15) is 0 Å². The Hall–Kier alpha value is -0.550. The summed E-state index contributed by atoms with van der Waals surface area (Å²) in [5.74, 6) is 0.857. The molecule has 1 aliphatic carbocycles. The molecule has 0 aromatic heterocycles. The molecule has 1 aliphatic rings. The van der Waals surface area contributed by atoms with E-state index in [1.54, 1.807) is 0 Å². The molecule has 1 saturated carbocycles. The van der Waals surface area contributed by atoms with Crippen molar-refractivity contribution >= 4 is 0 Å². The first kappa shape index (κ1) is 9.54. The van der Waals surface area contributed by atoms with Crippen LogP contribution in [0.15, 0.2) is 0 Å². The summed E-state index contributed by atoms with van der Waals surface area (Å²) < 4.78 is 0. The molecular formula is C10H18N2. The van der Waals surface area contributed by atoms with Gasteiger partial charge in [-0.1, -0.05) is 13.8 Å². The van der Waals surface area contributed by atoms with Crippen molar-refractivity contribution in [3.8, 4) is 6.07 Å². The smallest absolute Gasteiger partial charge is 0.106 e. The van der Waals surface area contributed by atoms with Gasteiger partial charge in [-0.3, -0.25) is 5.32 Å². The molecule has 68 valence electrons. The van der Waals surface area contributed by atoms with Crippen LogP contribution in [0.3, 0.4) is 0 Å². The molecule has 0 aromatic rings. The van der Waals surface area contributed by atoms with E-state index in [4.69, 9.17) is 5.26 Å². The Balaban J connectivity index is 2.35. The van der Waals surface area contributed by atoms with Crippen molar-refractivity contribution in [1.82, 2.24) is 5.32 Å². The summed E-state index contributed by atoms with van der Waals surface area (Å²) in [5, 5.41) is 12.4. The third-order valence-corrected chi connectivity index (χ3v) is 2.85. The average molecular weight is 166 g/mol. The van der Waals surface area contributed by atoms with Gasteiger partial charge in [0.05, 0.1) is 6.07 Å². The summed E-state index contributed by atoms with van der Waals surface area (Å²) in [7, 11) is 0. The zero-order chi connectivity index (χ0) is 9.03. The highest BCUT2D eigenvalue weighted by atomic mass is 15.0. The van der Waals surface area contributed by atoms with E-state index >= 15 is 0 Å². The maximum absolute atomic E-state index is 9.00. The van der Waals surface area contributed by atoms with Crippen LogP contribution < -0.4 is 5.32 Å². The van der Waals surface area contributed by atoms with Crippen molar-refractivity contribution in [3.05, 3.63) is 0 Å². The number of hydrogen-bond acceptors (Lipinski definition) is 2. The normalized spacial score (nSPS) is 17.4. The minimum Gasteiger partial charge on any atom is -0.299 e. The molecular weight excluding hydrogens is 148 g/mol. The number of nitriles is 1. The highest BCUT2D eigenvalue weighted by Gasteiger charge is 2.29. The van der Waals surface area contributed by atoms with Crippen molar-refractivity contribution < 1.29 is 0 Å². The maximum atomic E-state index is 9.00. The van der Waals surface area contributed by atoms with Crippen LogP contribution in [0.25, 0.3) is 0 Å². The molecule has 1 N–H and O–H groups in total. The van der Waals surface area contributed by atoms with E-state index in [0.29, 0.717) is 0 Å². The van der Waals surface area contributed by atoms with Gasteiger partial charge in [0.15, 0.2) is 0 Å². The molecule has 1 fully saturated rings. The predicted molar refractivity (Wildman–Crippen MR) is 49.7 cm³/mol. The van der Waals surface area contributed by atoms with Crippen LogP contribution >= 0.6 is 0 Å². The fourth-order valence-electron chi connectivity index (χ4n) is 1.36. The maximum Gasteiger partial charge on any atom is 0.106 e. The van der Waals surface area contributed by atoms with Crippen molar-refractivity contribution in [3.63, 3.8) is 0 Å². The first-order valence-electron chi connectivity index (χ1n) is 4.92. The molecule has 0 atom stereocenters. The van der Waals surface area contributed by atoms with Gasteiger partial charge in [0.1, 0.15) is 5.54 Å². The standard InChI is InChI=1S/C10H18N2/c1-3-10(4-2,8-11)12-7-9-5-6-9/h9,12H,3-7H2,1-2H3. The lowest BCUT2D eigenvalue weighted by molar-refractivity contribution is 0.380. The van der Waals surface area contributed by atoms with Gasteiger partial charge in [-0.15, -0.1) is 0 Å². The number of nitrogens with one attached hydrogen (secondary N) is 1. The SMILES string of the molecule is CCC(C#N)(CC)NCC1CC1. The van der Waals surface area contributed by atoms with Crippen LogP contribution in [0, 0.1) is 17.2 Å². The van der Waals surface area contributed by atoms with E-state index in [1.807, 2.05) is 0 Å². The number of nitrogens with zero attached hydrogens (tertiary/aromatic N) is 1. The van der Waals surface area contributed by atoms with Gasteiger partial charge < -0.3 is 0 Å². The third-order valence-electron chi connectivity index (χ3n) is 2.85. The van der Waals surface area contributed by atoms with Crippen molar-refractivity contribution in [1.29, 1.82) is 5.26 Å². The molecule has 12 heavy (non-hydrogen) atoms. The minimum absolute atomic E-state index is 0.247. The summed E-state index contributed by atoms with van der Waals surface area (Å²) in [6.45, 7) is 5.19. The largest absolute Gasteiger partial charge is 0.299 e. The first-order valence-corrected chi connectivity index (χ1v) is 4.92. The van der Waals surface area contributed by atoms with Crippen LogP contribution in [-0.2, 0) is 0 Å². The van der Waals surface area contributed by atoms with Gasteiger partial charge >= 0.3 is 0 Å². The number of hydrogen-bond donors (Lipinski definition) is 1. The molecule has 2 heteroatoms. The quantitative estimate of drug-likeness (QED) is 0.678. The van der Waals surface area contributed by atoms with Gasteiger partial charge in [-0.25, -0.2) is 0 Å². The molecule has 0 radical (unpaired) electrons. The molecule has 0 aliphatic heterocycles. The molecule has 0 bridgehead atoms. The first-order chi connectivity index (χ1) is 5.76. The Bertz CT molecular complexity index is 173. The fraction of sp³-hybridized carbons (Fsp3) is 0.900. The van der Waals surface area contributed by atoms with Gasteiger partial charge in [0.2, 0.25) is 0 Å². The molecule has 0 aromatic carbocycles. The van der Waals surface area contributed by atoms with E-state index in [1.165, 1.54) is 12.8 Å². The summed E-state index contributed by atoms with van der Waals surface area (Å²) in [5.41, 5.74) is -0.247. The summed E-state index contributed by atoms with van der Waals surface area (Å²) >= 11 is 0. The molecule has 0 heterocycles. The van der Waals surface area contributed by atoms with Crippen LogP contribution in [0.1, 0.15) is 39.5 Å². The Kier molecular flexibility index (Phi) is 3.11. The monoisotopic (exact) mass is 166 g/mol. The molecule has 1 rings (SSSR count). The minimum atomic E-state index is -0.247. The van der Waals surface area contributed by atoms with E-state index in [2.05, 4.69) is 25.2 Å². The second-order valence-electron chi connectivity index (χ2n) is 3.73. The van der Waals surface area contributed by atoms with Crippen LogP contribution in [0.5, 0.6) is 0 Å². The summed E-state index contributed by atoms with van der Waals surface area (Å²) in [6, 6.07) is 2.39. The second kappa shape index (κ2) is 3.91. The Labute approximate surface area is 75.0 Å². The lowest BCUT2D eigenvalue weighted by atomic mass is 9.94. The van der Waals surface area contributed by atoms with Gasteiger partial charge in [0.25, 0.3) is 0 Å². The Morgan fingerprint density at radius 2 is 2.00 bits per heavy atom. The lowest BCUT2D eigenvalue weighted by Gasteiger charge is -2.24. The second-order valence-corrected chi connectivity index (χ2v) is 3.73. The van der Waals surface area contributed by atoms with Gasteiger partial charge in [-0.05, 0) is 38.1 Å². The zero-order valence-corrected chi connectivity index (χ0v) is 8.06. The third kappa shape index (κ3) is 2.22. The molecule has 0 unspecified atom stereocenters. The van der Waals surface area contributed by atoms with Crippen LogP contribution in [0.4, 0.5) is 0 Å². The van der Waals surface area contributed by atoms with E-state index in [-0.39, 0.29) is 5.54 Å². The van der Waals surface area contributed by atoms with Gasteiger partial charge in [0, 0.05) is 0 Å². The average Bonchev–Trinajstić information content (AvgIpc) is 2.92. The van der Waals surface area contributed by atoms with Crippen LogP contribution in [0.2, 0.25) is 0 Å². The van der Waals surface area contributed by atoms with Crippen molar-refractivity contribution in [2.75, 3.05) is 6.54 Å². The van der Waals surface area contributed by atoms with Gasteiger partial charge in [-0.2, -0.15) is 5.26 Å². The molecule has 0 amide bonds. The van der Waals surface area contributed by atoms with Crippen molar-refractivity contribution in [2.24, 2.45) is 5.92 Å². The Morgan fingerprint density at radius 1 is 1.42 bits per heavy atom. The predicted octanol–water partition coefficient (Wildman–Crippen LogP) is 2.07. The van der Waals surface area contributed by atoms with Crippen LogP contribution in [-0.4, -0.2) is 12.1 Å². The topological polar surface area (TPSA) is 35.8 Å². The highest BCUT2D eigenvalue weighted by molar-refractivity contribution is 5.05. The fourth-order valence-corrected chi connectivity index (χ4v) is 1.36. The summed E-state index contributed by atoms with van der Waals surface area (Å²) in [6.07, 6.45) is 4.52. The zero-order valence-electron chi connectivity index (χ0n) is 8.06. The highest BCUT2D eigenvalue weighted by Crippen LogP contribution is 2.28. The molecule has 2 nitrogen and oxygen atoms in total. The van der Waals surface area contributed by atoms with E-state index < -0.39 is 0 Å². The lowest BCUT2D eigenvalue weighted by Crippen LogP contribution is -2.43. The van der Waals surface area contributed by atoms with E-state index in [0.717, 1.165) is 25.3 Å². The Morgan fingerprint density at radius 3 is 2.33 bits per heavy atom. The molecule has 0 saturated heterocycles. The molecule has 0 spiro atoms. The van der Waals surface area contributed by atoms with Crippen molar-refractivity contribution in [2.45, 2.75) is 45.1 Å².